The predicted octanol–water partition coefficient (Wildman–Crippen LogP) is 5.10. The Balaban J connectivity index is 2.95. The smallest absolute Gasteiger partial charge is 0.310 e. The van der Waals surface area contributed by atoms with Gasteiger partial charge in [0.05, 0.1) is 10.8 Å². The van der Waals surface area contributed by atoms with E-state index in [0.717, 1.165) is 30.7 Å². The van der Waals surface area contributed by atoms with Crippen LogP contribution in [0.3, 0.4) is 0 Å². The molecule has 0 amide bonds. The Kier molecular flexibility index (Phi) is 6.28. The highest BCUT2D eigenvalue weighted by Gasteiger charge is 2.33. The first-order valence-corrected chi connectivity index (χ1v) is 8.38. The van der Waals surface area contributed by atoms with Crippen LogP contribution < -0.4 is 5.32 Å². The topological polar surface area (TPSA) is 12.0 Å². The quantitative estimate of drug-likeness (QED) is 0.558. The number of thiol groups is 1. The van der Waals surface area contributed by atoms with Gasteiger partial charge >= 0.3 is 6.18 Å². The van der Waals surface area contributed by atoms with E-state index in [1.165, 1.54) is 22.9 Å². The van der Waals surface area contributed by atoms with Crippen molar-refractivity contribution in [1.29, 1.82) is 0 Å². The van der Waals surface area contributed by atoms with Crippen molar-refractivity contribution in [2.24, 2.45) is 0 Å². The summed E-state index contributed by atoms with van der Waals surface area (Å²) in [5, 5.41) is 3.38. The molecule has 0 spiro atoms. The molecule has 0 fully saturated rings. The molecule has 1 rings (SSSR count). The lowest BCUT2D eigenvalue weighted by atomic mass is 9.93. The van der Waals surface area contributed by atoms with Gasteiger partial charge in [0.1, 0.15) is 0 Å². The van der Waals surface area contributed by atoms with Crippen LogP contribution in [0.4, 0.5) is 13.2 Å². The van der Waals surface area contributed by atoms with Gasteiger partial charge in [-0.1, -0.05) is 29.9 Å². The van der Waals surface area contributed by atoms with E-state index in [9.17, 15) is 13.2 Å². The molecule has 0 unspecified atom stereocenters. The van der Waals surface area contributed by atoms with Gasteiger partial charge in [-0.15, -0.1) is 11.7 Å². The van der Waals surface area contributed by atoms with E-state index in [-0.39, 0.29) is 10.8 Å². The van der Waals surface area contributed by atoms with Gasteiger partial charge in [-0.25, -0.2) is 0 Å². The molecular formula is C14H20F3NS2. The largest absolute Gasteiger partial charge is 0.416 e. The minimum absolute atomic E-state index is 0.0281. The van der Waals surface area contributed by atoms with Crippen LogP contribution in [-0.4, -0.2) is 12.1 Å². The standard InChI is InChI=1S/C14H20F3NS2/c1-4-9-18-13(2,3)12(20-19)10-5-7-11(8-6-10)14(15,16)17/h5-8,12,18-19H,4,9H2,1-3H3/t12-/m1/s1. The minimum Gasteiger partial charge on any atom is -0.310 e. The molecule has 1 N–H and O–H groups in total. The Bertz CT molecular complexity index is 415. The third-order valence-electron chi connectivity index (χ3n) is 3.13. The minimum atomic E-state index is -4.29. The fourth-order valence-electron chi connectivity index (χ4n) is 2.00. The van der Waals surface area contributed by atoms with Gasteiger partial charge in [0.25, 0.3) is 0 Å². The molecule has 114 valence electrons. The molecule has 1 nitrogen and oxygen atoms in total. The maximum atomic E-state index is 12.6. The molecule has 0 aromatic heterocycles. The van der Waals surface area contributed by atoms with Crippen molar-refractivity contribution in [1.82, 2.24) is 5.32 Å². The highest BCUT2D eigenvalue weighted by atomic mass is 33.1. The zero-order chi connectivity index (χ0) is 15.4. The molecule has 1 aromatic carbocycles. The van der Waals surface area contributed by atoms with E-state index in [1.54, 1.807) is 0 Å². The average molecular weight is 323 g/mol. The summed E-state index contributed by atoms with van der Waals surface area (Å²) in [6.45, 7) is 7.00. The number of alkyl halides is 3. The predicted molar refractivity (Wildman–Crippen MR) is 83.1 cm³/mol. The number of hydrogen-bond acceptors (Lipinski definition) is 3. The Morgan fingerprint density at radius 3 is 2.15 bits per heavy atom. The number of nitrogens with one attached hydrogen (secondary N) is 1. The molecule has 0 saturated carbocycles. The van der Waals surface area contributed by atoms with Crippen molar-refractivity contribution in [3.63, 3.8) is 0 Å². The molecule has 0 radical (unpaired) electrons. The molecule has 1 aromatic rings. The van der Waals surface area contributed by atoms with Crippen molar-refractivity contribution in [3.8, 4) is 0 Å². The Labute approximate surface area is 127 Å². The molecule has 6 heteroatoms. The van der Waals surface area contributed by atoms with Crippen LogP contribution in [0.5, 0.6) is 0 Å². The Hall–Kier alpha value is -0.330. The van der Waals surface area contributed by atoms with Crippen LogP contribution in [0.25, 0.3) is 0 Å². The molecule has 0 aliphatic carbocycles. The molecule has 20 heavy (non-hydrogen) atoms. The fraction of sp³-hybridized carbons (Fsp3) is 0.571. The molecular weight excluding hydrogens is 303 g/mol. The van der Waals surface area contributed by atoms with Crippen LogP contribution in [-0.2, 0) is 6.18 Å². The van der Waals surface area contributed by atoms with Crippen LogP contribution in [0.15, 0.2) is 24.3 Å². The monoisotopic (exact) mass is 323 g/mol. The Morgan fingerprint density at radius 2 is 1.75 bits per heavy atom. The maximum absolute atomic E-state index is 12.6. The van der Waals surface area contributed by atoms with Gasteiger partial charge in [-0.3, -0.25) is 0 Å². The van der Waals surface area contributed by atoms with Gasteiger partial charge in [-0.05, 0) is 44.5 Å². The summed E-state index contributed by atoms with van der Waals surface area (Å²) in [4.78, 5) is 0. The number of benzene rings is 1. The fourth-order valence-corrected chi connectivity index (χ4v) is 3.78. The van der Waals surface area contributed by atoms with Crippen LogP contribution in [0.2, 0.25) is 0 Å². The van der Waals surface area contributed by atoms with Crippen molar-refractivity contribution in [2.45, 2.75) is 44.2 Å². The lowest BCUT2D eigenvalue weighted by Crippen LogP contribution is -2.43. The summed E-state index contributed by atoms with van der Waals surface area (Å²) in [7, 11) is 1.34. The van der Waals surface area contributed by atoms with Gasteiger partial charge in [0.15, 0.2) is 0 Å². The summed E-state index contributed by atoms with van der Waals surface area (Å²) in [6, 6.07) is 5.32. The van der Waals surface area contributed by atoms with Gasteiger partial charge < -0.3 is 5.32 Å². The number of hydrogen-bond donors (Lipinski definition) is 2. The second kappa shape index (κ2) is 7.09. The average Bonchev–Trinajstić information content (AvgIpc) is 2.36. The van der Waals surface area contributed by atoms with Crippen molar-refractivity contribution >= 4 is 22.5 Å². The van der Waals surface area contributed by atoms with E-state index in [4.69, 9.17) is 0 Å². The SMILES string of the molecule is CCCNC(C)(C)[C@H](SS)c1ccc(C(F)(F)F)cc1. The third kappa shape index (κ3) is 4.60. The first-order chi connectivity index (χ1) is 9.22. The van der Waals surface area contributed by atoms with Crippen molar-refractivity contribution in [3.05, 3.63) is 35.4 Å². The van der Waals surface area contributed by atoms with E-state index in [0.29, 0.717) is 0 Å². The normalized spacial score (nSPS) is 14.3. The van der Waals surface area contributed by atoms with Gasteiger partial charge in [-0.2, -0.15) is 13.2 Å². The third-order valence-corrected chi connectivity index (χ3v) is 4.84. The van der Waals surface area contributed by atoms with Crippen LogP contribution in [0, 0.1) is 0 Å². The van der Waals surface area contributed by atoms with E-state index < -0.39 is 11.7 Å². The van der Waals surface area contributed by atoms with Crippen LogP contribution >= 0.6 is 22.5 Å². The summed E-state index contributed by atoms with van der Waals surface area (Å²) in [5.74, 6) is 0. The lowest BCUT2D eigenvalue weighted by Gasteiger charge is -2.34. The summed E-state index contributed by atoms with van der Waals surface area (Å²) >= 11 is 4.28. The summed E-state index contributed by atoms with van der Waals surface area (Å²) in [5.41, 5.74) is -0.0302. The first-order valence-electron chi connectivity index (χ1n) is 6.44. The summed E-state index contributed by atoms with van der Waals surface area (Å²) in [6.07, 6.45) is -3.29. The second-order valence-corrected chi connectivity index (χ2v) is 6.57. The number of rotatable bonds is 6. The second-order valence-electron chi connectivity index (χ2n) is 5.25. The zero-order valence-electron chi connectivity index (χ0n) is 11.8. The highest BCUT2D eigenvalue weighted by Crippen LogP contribution is 2.41. The molecule has 1 atom stereocenters. The highest BCUT2D eigenvalue weighted by molar-refractivity contribution is 8.68. The molecule has 0 aliphatic rings. The zero-order valence-corrected chi connectivity index (χ0v) is 13.5. The summed E-state index contributed by atoms with van der Waals surface area (Å²) < 4.78 is 37.7. The number of halogens is 3. The molecule has 0 saturated heterocycles. The van der Waals surface area contributed by atoms with Crippen molar-refractivity contribution < 1.29 is 13.2 Å². The molecule has 0 bridgehead atoms. The van der Waals surface area contributed by atoms with E-state index in [2.05, 4.69) is 23.9 Å². The van der Waals surface area contributed by atoms with Crippen LogP contribution in [0.1, 0.15) is 43.6 Å². The molecule has 0 aliphatic heterocycles. The van der Waals surface area contributed by atoms with Crippen molar-refractivity contribution in [2.75, 3.05) is 6.54 Å². The van der Waals surface area contributed by atoms with Gasteiger partial charge in [0.2, 0.25) is 0 Å². The van der Waals surface area contributed by atoms with Gasteiger partial charge in [0, 0.05) is 5.54 Å². The maximum Gasteiger partial charge on any atom is 0.416 e. The van der Waals surface area contributed by atoms with E-state index >= 15 is 0 Å². The lowest BCUT2D eigenvalue weighted by molar-refractivity contribution is -0.137. The Morgan fingerprint density at radius 1 is 1.20 bits per heavy atom. The first kappa shape index (κ1) is 17.7. The molecule has 0 heterocycles. The van der Waals surface area contributed by atoms with E-state index in [1.807, 2.05) is 13.8 Å².